The van der Waals surface area contributed by atoms with Crippen LogP contribution in [-0.4, -0.2) is 73.1 Å². The first kappa shape index (κ1) is 21.2. The Labute approximate surface area is 193 Å². The van der Waals surface area contributed by atoms with Crippen LogP contribution in [0, 0.1) is 0 Å². The number of piperazine rings is 1. The lowest BCUT2D eigenvalue weighted by Crippen LogP contribution is -2.52. The van der Waals surface area contributed by atoms with Crippen molar-refractivity contribution < 1.29 is 14.3 Å². The maximum absolute atomic E-state index is 12.7. The number of methoxy groups -OCH3 is 1. The van der Waals surface area contributed by atoms with Crippen LogP contribution in [0.25, 0.3) is 10.9 Å². The molecule has 2 N–H and O–H groups in total. The number of urea groups is 1. The van der Waals surface area contributed by atoms with Gasteiger partial charge in [-0.1, -0.05) is 18.2 Å². The van der Waals surface area contributed by atoms with Crippen LogP contribution in [0.15, 0.2) is 48.5 Å². The van der Waals surface area contributed by atoms with Crippen LogP contribution < -0.4 is 15.0 Å². The average molecular weight is 448 g/mol. The van der Waals surface area contributed by atoms with Crippen molar-refractivity contribution in [2.75, 3.05) is 51.3 Å². The molecule has 1 aromatic heterocycles. The van der Waals surface area contributed by atoms with Crippen molar-refractivity contribution in [3.8, 4) is 5.75 Å². The predicted molar refractivity (Wildman–Crippen MR) is 128 cm³/mol. The highest BCUT2D eigenvalue weighted by molar-refractivity contribution is 5.86. The first-order valence-corrected chi connectivity index (χ1v) is 11.4. The molecule has 0 saturated carbocycles. The Kier molecular flexibility index (Phi) is 5.81. The van der Waals surface area contributed by atoms with E-state index in [1.165, 1.54) is 10.9 Å². The molecule has 8 nitrogen and oxygen atoms in total. The topological polar surface area (TPSA) is 80.9 Å². The second-order valence-electron chi connectivity index (χ2n) is 8.52. The van der Waals surface area contributed by atoms with Gasteiger partial charge in [0.25, 0.3) is 0 Å². The Hall–Kier alpha value is -3.68. The number of nitrogens with one attached hydrogen (secondary N) is 2. The summed E-state index contributed by atoms with van der Waals surface area (Å²) < 4.78 is 5.22. The Bertz CT molecular complexity index is 1150. The quantitative estimate of drug-likeness (QED) is 0.644. The molecule has 1 saturated heterocycles. The SMILES string of the molecule is COc1ccc(N2CCN(C(=O)CNC(=O)N3CCc4c([nH]c5ccccc45)C3)CC2)cc1. The van der Waals surface area contributed by atoms with Crippen LogP contribution in [0.1, 0.15) is 11.3 Å². The number of amides is 3. The van der Waals surface area contributed by atoms with Gasteiger partial charge in [-0.3, -0.25) is 4.79 Å². The van der Waals surface area contributed by atoms with Gasteiger partial charge in [0.2, 0.25) is 5.91 Å². The molecule has 0 bridgehead atoms. The number of ether oxygens (including phenoxy) is 1. The minimum atomic E-state index is -0.190. The zero-order valence-corrected chi connectivity index (χ0v) is 18.8. The number of hydrogen-bond donors (Lipinski definition) is 2. The molecule has 3 aromatic rings. The normalized spacial score (nSPS) is 16.0. The fraction of sp³-hybridized carbons (Fsp3) is 0.360. The first-order chi connectivity index (χ1) is 16.1. The highest BCUT2D eigenvalue weighted by Gasteiger charge is 2.25. The first-order valence-electron chi connectivity index (χ1n) is 11.4. The van der Waals surface area contributed by atoms with E-state index in [1.807, 2.05) is 41.3 Å². The van der Waals surface area contributed by atoms with Gasteiger partial charge in [0.1, 0.15) is 5.75 Å². The molecular formula is C25H29N5O3. The summed E-state index contributed by atoms with van der Waals surface area (Å²) in [5.41, 5.74) is 4.60. The van der Waals surface area contributed by atoms with Crippen LogP contribution in [-0.2, 0) is 17.8 Å². The van der Waals surface area contributed by atoms with E-state index in [9.17, 15) is 9.59 Å². The third kappa shape index (κ3) is 4.33. The van der Waals surface area contributed by atoms with Gasteiger partial charge in [-0.15, -0.1) is 0 Å². The summed E-state index contributed by atoms with van der Waals surface area (Å²) in [6, 6.07) is 16.0. The Balaban J connectivity index is 1.10. The van der Waals surface area contributed by atoms with Gasteiger partial charge in [-0.25, -0.2) is 4.79 Å². The second-order valence-corrected chi connectivity index (χ2v) is 8.52. The number of nitrogens with zero attached hydrogens (tertiary/aromatic N) is 3. The van der Waals surface area contributed by atoms with Crippen molar-refractivity contribution in [3.63, 3.8) is 0 Å². The monoisotopic (exact) mass is 447 g/mol. The molecule has 2 aliphatic rings. The van der Waals surface area contributed by atoms with Gasteiger partial charge in [0.15, 0.2) is 0 Å². The molecule has 172 valence electrons. The van der Waals surface area contributed by atoms with E-state index in [0.717, 1.165) is 42.2 Å². The molecular weight excluding hydrogens is 418 g/mol. The van der Waals surface area contributed by atoms with E-state index >= 15 is 0 Å². The van der Waals surface area contributed by atoms with Crippen LogP contribution in [0.3, 0.4) is 0 Å². The number of aromatic nitrogens is 1. The number of para-hydroxylation sites is 1. The number of anilines is 1. The van der Waals surface area contributed by atoms with E-state index in [-0.39, 0.29) is 18.5 Å². The molecule has 2 aliphatic heterocycles. The van der Waals surface area contributed by atoms with Gasteiger partial charge in [-0.2, -0.15) is 0 Å². The number of fused-ring (bicyclic) bond motifs is 3. The zero-order chi connectivity index (χ0) is 22.8. The number of aromatic amines is 1. The fourth-order valence-electron chi connectivity index (χ4n) is 4.75. The summed E-state index contributed by atoms with van der Waals surface area (Å²) in [5, 5.41) is 4.06. The van der Waals surface area contributed by atoms with E-state index in [1.54, 1.807) is 12.0 Å². The van der Waals surface area contributed by atoms with E-state index in [2.05, 4.69) is 27.3 Å². The molecule has 0 atom stereocenters. The van der Waals surface area contributed by atoms with Gasteiger partial charge in [0.05, 0.1) is 20.2 Å². The fourth-order valence-corrected chi connectivity index (χ4v) is 4.75. The van der Waals surface area contributed by atoms with Crippen LogP contribution >= 0.6 is 0 Å². The molecule has 3 amide bonds. The maximum atomic E-state index is 12.7. The molecule has 33 heavy (non-hydrogen) atoms. The molecule has 0 radical (unpaired) electrons. The maximum Gasteiger partial charge on any atom is 0.318 e. The van der Waals surface area contributed by atoms with Gasteiger partial charge >= 0.3 is 6.03 Å². The Morgan fingerprint density at radius 2 is 1.73 bits per heavy atom. The Morgan fingerprint density at radius 3 is 2.48 bits per heavy atom. The van der Waals surface area contributed by atoms with Crippen molar-refractivity contribution in [1.29, 1.82) is 0 Å². The third-order valence-corrected chi connectivity index (χ3v) is 6.63. The van der Waals surface area contributed by atoms with Crippen molar-refractivity contribution in [1.82, 2.24) is 20.1 Å². The minimum absolute atomic E-state index is 0.0252. The molecule has 2 aromatic carbocycles. The van der Waals surface area contributed by atoms with E-state index in [0.29, 0.717) is 26.2 Å². The lowest BCUT2D eigenvalue weighted by atomic mass is 10.0. The van der Waals surface area contributed by atoms with Crippen LogP contribution in [0.4, 0.5) is 10.5 Å². The van der Waals surface area contributed by atoms with Crippen molar-refractivity contribution in [2.45, 2.75) is 13.0 Å². The summed E-state index contributed by atoms with van der Waals surface area (Å²) in [7, 11) is 1.66. The number of carbonyl (C=O) groups excluding carboxylic acids is 2. The number of H-pyrrole nitrogens is 1. The van der Waals surface area contributed by atoms with Crippen molar-refractivity contribution >= 4 is 28.5 Å². The largest absolute Gasteiger partial charge is 0.497 e. The molecule has 5 rings (SSSR count). The molecule has 3 heterocycles. The van der Waals surface area contributed by atoms with Gasteiger partial charge in [-0.05, 0) is 42.3 Å². The minimum Gasteiger partial charge on any atom is -0.497 e. The summed E-state index contributed by atoms with van der Waals surface area (Å²) in [4.78, 5) is 34.7. The van der Waals surface area contributed by atoms with Crippen LogP contribution in [0.2, 0.25) is 0 Å². The molecule has 8 heteroatoms. The molecule has 1 fully saturated rings. The molecule has 0 aliphatic carbocycles. The smallest absolute Gasteiger partial charge is 0.318 e. The van der Waals surface area contributed by atoms with Gasteiger partial charge in [0, 0.05) is 55.0 Å². The zero-order valence-electron chi connectivity index (χ0n) is 18.8. The third-order valence-electron chi connectivity index (χ3n) is 6.63. The predicted octanol–water partition coefficient (Wildman–Crippen LogP) is 2.59. The highest BCUT2D eigenvalue weighted by atomic mass is 16.5. The number of rotatable bonds is 4. The summed E-state index contributed by atoms with van der Waals surface area (Å²) in [5.74, 6) is 0.791. The number of hydrogen-bond acceptors (Lipinski definition) is 4. The summed E-state index contributed by atoms with van der Waals surface area (Å²) in [6.07, 6.45) is 0.814. The van der Waals surface area contributed by atoms with Crippen molar-refractivity contribution in [2.24, 2.45) is 0 Å². The Morgan fingerprint density at radius 1 is 0.970 bits per heavy atom. The lowest BCUT2D eigenvalue weighted by Gasteiger charge is -2.36. The summed E-state index contributed by atoms with van der Waals surface area (Å²) in [6.45, 7) is 4.02. The lowest BCUT2D eigenvalue weighted by molar-refractivity contribution is -0.130. The molecule has 0 spiro atoms. The average Bonchev–Trinajstić information content (AvgIpc) is 3.25. The van der Waals surface area contributed by atoms with Gasteiger partial charge < -0.3 is 29.7 Å². The summed E-state index contributed by atoms with van der Waals surface area (Å²) >= 11 is 0. The standard InChI is InChI=1S/C25H29N5O3/c1-33-19-8-6-18(7-9-19)28-12-14-29(15-13-28)24(31)16-26-25(32)30-11-10-21-20-4-2-3-5-22(20)27-23(21)17-30/h2-9,27H,10-17H2,1H3,(H,26,32). The van der Waals surface area contributed by atoms with Crippen molar-refractivity contribution in [3.05, 3.63) is 59.8 Å². The highest BCUT2D eigenvalue weighted by Crippen LogP contribution is 2.27. The number of benzene rings is 2. The van der Waals surface area contributed by atoms with E-state index in [4.69, 9.17) is 4.74 Å². The molecule has 0 unspecified atom stereocenters. The second kappa shape index (κ2) is 9.05. The van der Waals surface area contributed by atoms with E-state index < -0.39 is 0 Å². The van der Waals surface area contributed by atoms with Crippen LogP contribution in [0.5, 0.6) is 5.75 Å². The number of carbonyl (C=O) groups is 2.